The zero-order valence-corrected chi connectivity index (χ0v) is 16.0. The number of halogens is 13. The normalized spacial score (nSPS) is 15.3. The maximum absolute atomic E-state index is 14.0. The van der Waals surface area contributed by atoms with E-state index in [-0.39, 0.29) is 6.07 Å². The summed E-state index contributed by atoms with van der Waals surface area (Å²) in [5.41, 5.74) is -1.87. The minimum Gasteiger partial charge on any atom is -0.426 e. The number of hydrogen-bond donors (Lipinski definition) is 0. The molecule has 0 fully saturated rings. The van der Waals surface area contributed by atoms with Gasteiger partial charge in [0.2, 0.25) is 0 Å². The molecule has 0 spiro atoms. The summed E-state index contributed by atoms with van der Waals surface area (Å²) in [6, 6.07) is 1.35. The molecule has 18 heteroatoms. The molecule has 176 valence electrons. The standard InChI is InChI=1S/C13H3Cl3F10O5/c14-7(27)5-2-1-4(8(28)30-16)3-6(5)29-13(25,26)10(15,19)31-12(23,24)9(17,18)11(20,21)22/h1-3H. The zero-order valence-electron chi connectivity index (χ0n) is 13.7. The van der Waals surface area contributed by atoms with Gasteiger partial charge in [0, 0.05) is 0 Å². The smallest absolute Gasteiger partial charge is 0.426 e. The van der Waals surface area contributed by atoms with Crippen molar-refractivity contribution in [2.75, 3.05) is 0 Å². The summed E-state index contributed by atoms with van der Waals surface area (Å²) < 4.78 is 139. The van der Waals surface area contributed by atoms with Crippen molar-refractivity contribution >= 4 is 46.3 Å². The van der Waals surface area contributed by atoms with Crippen molar-refractivity contribution < 1.29 is 67.3 Å². The largest absolute Gasteiger partial charge is 0.476 e. The highest BCUT2D eigenvalue weighted by atomic mass is 35.5. The van der Waals surface area contributed by atoms with Crippen LogP contribution in [0.25, 0.3) is 0 Å². The Morgan fingerprint density at radius 3 is 1.81 bits per heavy atom. The maximum atomic E-state index is 14.0. The lowest BCUT2D eigenvalue weighted by Crippen LogP contribution is -2.59. The Kier molecular flexibility index (Phi) is 7.64. The van der Waals surface area contributed by atoms with Crippen LogP contribution in [0.3, 0.4) is 0 Å². The van der Waals surface area contributed by atoms with Crippen molar-refractivity contribution in [1.82, 2.24) is 0 Å². The number of carbonyl (C=O) groups excluding carboxylic acids is 2. The zero-order chi connectivity index (χ0) is 24.6. The fourth-order valence-corrected chi connectivity index (χ4v) is 1.97. The second-order valence-electron chi connectivity index (χ2n) is 5.18. The highest BCUT2D eigenvalue weighted by molar-refractivity contribution is 6.68. The van der Waals surface area contributed by atoms with E-state index in [1.165, 1.54) is 0 Å². The van der Waals surface area contributed by atoms with Gasteiger partial charge < -0.3 is 9.03 Å². The summed E-state index contributed by atoms with van der Waals surface area (Å²) in [6.07, 6.45) is -20.0. The molecule has 1 rings (SSSR count). The first-order valence-corrected chi connectivity index (χ1v) is 7.90. The van der Waals surface area contributed by atoms with Gasteiger partial charge in [-0.2, -0.15) is 43.9 Å². The predicted molar refractivity (Wildman–Crippen MR) is 80.2 cm³/mol. The summed E-state index contributed by atoms with van der Waals surface area (Å²) >= 11 is 14.1. The van der Waals surface area contributed by atoms with E-state index < -0.39 is 57.7 Å². The summed E-state index contributed by atoms with van der Waals surface area (Å²) in [5, 5.41) is -7.51. The molecule has 0 amide bonds. The first kappa shape index (κ1) is 27.3. The molecule has 0 saturated heterocycles. The van der Waals surface area contributed by atoms with Gasteiger partial charge in [0.1, 0.15) is 17.6 Å². The fourth-order valence-electron chi connectivity index (χ4n) is 1.59. The van der Waals surface area contributed by atoms with Crippen LogP contribution in [0.4, 0.5) is 43.9 Å². The van der Waals surface area contributed by atoms with Crippen LogP contribution in [-0.4, -0.2) is 40.8 Å². The third-order valence-electron chi connectivity index (χ3n) is 3.05. The highest BCUT2D eigenvalue weighted by Gasteiger charge is 2.78. The molecule has 5 nitrogen and oxygen atoms in total. The molecular weight excluding hydrogens is 532 g/mol. The van der Waals surface area contributed by atoms with Gasteiger partial charge in [0.05, 0.1) is 11.1 Å². The van der Waals surface area contributed by atoms with Crippen LogP contribution in [0, 0.1) is 0 Å². The van der Waals surface area contributed by atoms with Crippen molar-refractivity contribution in [2.45, 2.75) is 29.6 Å². The van der Waals surface area contributed by atoms with Gasteiger partial charge in [-0.3, -0.25) is 9.53 Å². The fraction of sp³-hybridized carbons (Fsp3) is 0.385. The number of carbonyl (C=O) groups is 2. The van der Waals surface area contributed by atoms with Gasteiger partial charge in [0.25, 0.3) is 5.24 Å². The van der Waals surface area contributed by atoms with Gasteiger partial charge in [-0.15, -0.1) is 0 Å². The van der Waals surface area contributed by atoms with E-state index >= 15 is 0 Å². The molecule has 0 saturated carbocycles. The van der Waals surface area contributed by atoms with Crippen molar-refractivity contribution in [1.29, 1.82) is 0 Å². The van der Waals surface area contributed by atoms with Gasteiger partial charge in [-0.05, 0) is 41.4 Å². The lowest BCUT2D eigenvalue weighted by molar-refractivity contribution is -0.469. The topological polar surface area (TPSA) is 61.8 Å². The number of ether oxygens (including phenoxy) is 2. The van der Waals surface area contributed by atoms with Gasteiger partial charge in [-0.1, -0.05) is 0 Å². The third kappa shape index (κ3) is 5.56. The predicted octanol–water partition coefficient (Wildman–Crippen LogP) is 6.02. The highest BCUT2D eigenvalue weighted by Crippen LogP contribution is 2.52. The van der Waals surface area contributed by atoms with E-state index in [9.17, 15) is 53.5 Å². The quantitative estimate of drug-likeness (QED) is 0.232. The molecule has 31 heavy (non-hydrogen) atoms. The molecule has 0 aromatic heterocycles. The van der Waals surface area contributed by atoms with E-state index in [4.69, 9.17) is 23.5 Å². The molecule has 1 atom stereocenters. The van der Waals surface area contributed by atoms with E-state index in [1.807, 2.05) is 0 Å². The second kappa shape index (κ2) is 8.67. The minimum absolute atomic E-state index is 0.170. The molecule has 0 N–H and O–H groups in total. The molecule has 0 radical (unpaired) electrons. The molecule has 1 aromatic rings. The van der Waals surface area contributed by atoms with Gasteiger partial charge >= 0.3 is 35.6 Å². The second-order valence-corrected chi connectivity index (χ2v) is 6.16. The Morgan fingerprint density at radius 2 is 1.39 bits per heavy atom. The molecule has 0 bridgehead atoms. The average molecular weight is 536 g/mol. The molecule has 1 unspecified atom stereocenters. The van der Waals surface area contributed by atoms with Crippen LogP contribution < -0.4 is 4.74 Å². The van der Waals surface area contributed by atoms with Crippen LogP contribution in [0.15, 0.2) is 18.2 Å². The Hall–Kier alpha value is -1.71. The van der Waals surface area contributed by atoms with E-state index in [0.717, 1.165) is 0 Å². The molecule has 0 aliphatic heterocycles. The average Bonchev–Trinajstić information content (AvgIpc) is 2.58. The van der Waals surface area contributed by atoms with E-state index in [2.05, 4.69) is 25.4 Å². The molecule has 1 aromatic carbocycles. The van der Waals surface area contributed by atoms with Crippen LogP contribution >= 0.6 is 35.1 Å². The van der Waals surface area contributed by atoms with Crippen molar-refractivity contribution in [3.8, 4) is 5.75 Å². The monoisotopic (exact) mass is 534 g/mol. The molecule has 0 heterocycles. The summed E-state index contributed by atoms with van der Waals surface area (Å²) in [4.78, 5) is 22.5. The maximum Gasteiger partial charge on any atom is 0.476 e. The third-order valence-corrected chi connectivity index (χ3v) is 3.69. The molecular formula is C13H3Cl3F10O5. The first-order valence-electron chi connectivity index (χ1n) is 6.84. The van der Waals surface area contributed by atoms with Gasteiger partial charge in [0.15, 0.2) is 0 Å². The van der Waals surface area contributed by atoms with Crippen molar-refractivity contribution in [2.24, 2.45) is 0 Å². The van der Waals surface area contributed by atoms with Gasteiger partial charge in [-0.25, -0.2) is 4.79 Å². The molecule has 0 aliphatic rings. The summed E-state index contributed by atoms with van der Waals surface area (Å²) in [7, 11) is 0. The number of alkyl halides is 11. The summed E-state index contributed by atoms with van der Waals surface area (Å²) in [6.45, 7) is 0. The SMILES string of the molecule is O=C(OCl)c1ccc(C(=O)Cl)c(OC(F)(F)C(F)(Cl)OC(F)(F)C(F)(F)C(F)(F)F)c1. The minimum atomic E-state index is -7.18. The van der Waals surface area contributed by atoms with Crippen LogP contribution in [0.1, 0.15) is 20.7 Å². The van der Waals surface area contributed by atoms with E-state index in [1.54, 1.807) is 0 Å². The van der Waals surface area contributed by atoms with Crippen LogP contribution in [0.2, 0.25) is 0 Å². The Labute approximate surface area is 178 Å². The Morgan fingerprint density at radius 1 is 0.871 bits per heavy atom. The number of rotatable bonds is 8. The Balaban J connectivity index is 3.37. The van der Waals surface area contributed by atoms with Crippen molar-refractivity contribution in [3.05, 3.63) is 29.3 Å². The molecule has 0 aliphatic carbocycles. The lowest BCUT2D eigenvalue weighted by Gasteiger charge is -2.34. The van der Waals surface area contributed by atoms with E-state index in [0.29, 0.717) is 12.1 Å². The Bertz CT molecular complexity index is 859. The summed E-state index contributed by atoms with van der Waals surface area (Å²) in [5.74, 6) is -10.2. The van der Waals surface area contributed by atoms with Crippen molar-refractivity contribution in [3.63, 3.8) is 0 Å². The van der Waals surface area contributed by atoms with Crippen LogP contribution in [0.5, 0.6) is 5.75 Å². The van der Waals surface area contributed by atoms with Crippen LogP contribution in [-0.2, 0) is 9.03 Å². The number of benzene rings is 1. The first-order chi connectivity index (χ1) is 13.7. The number of hydrogen-bond acceptors (Lipinski definition) is 5. The lowest BCUT2D eigenvalue weighted by atomic mass is 10.1.